The molecule has 122 valence electrons. The number of halogens is 1. The third-order valence-corrected chi connectivity index (χ3v) is 3.27. The maximum absolute atomic E-state index is 12.1. The quantitative estimate of drug-likeness (QED) is 0.683. The molecule has 0 aliphatic rings. The van der Waals surface area contributed by atoms with E-state index in [9.17, 15) is 9.18 Å². The van der Waals surface area contributed by atoms with Crippen LogP contribution in [-0.2, 0) is 11.4 Å². The minimum Gasteiger partial charge on any atom is -0.472 e. The summed E-state index contributed by atoms with van der Waals surface area (Å²) in [5, 5.41) is 3.22. The van der Waals surface area contributed by atoms with E-state index in [1.54, 1.807) is 6.20 Å². The summed E-state index contributed by atoms with van der Waals surface area (Å²) in [4.78, 5) is 22.9. The van der Waals surface area contributed by atoms with Crippen LogP contribution in [0.15, 0.2) is 55.0 Å². The van der Waals surface area contributed by atoms with Gasteiger partial charge in [0.2, 0.25) is 11.8 Å². The first-order valence-corrected chi connectivity index (χ1v) is 7.30. The van der Waals surface area contributed by atoms with Crippen LogP contribution in [0.2, 0.25) is 0 Å². The number of amides is 1. The van der Waals surface area contributed by atoms with Crippen molar-refractivity contribution in [2.75, 3.05) is 12.0 Å². The predicted molar refractivity (Wildman–Crippen MR) is 88.4 cm³/mol. The lowest BCUT2D eigenvalue weighted by atomic mass is 10.2. The number of nitrogens with zero attached hydrogens (tertiary/aromatic N) is 2. The number of fused-ring (bicyclic) bond motifs is 1. The van der Waals surface area contributed by atoms with Gasteiger partial charge in [-0.25, -0.2) is 14.4 Å². The number of benzene rings is 1. The minimum absolute atomic E-state index is 0.341. The molecule has 3 aromatic rings. The summed E-state index contributed by atoms with van der Waals surface area (Å²) in [6.45, 7) is -0.358. The first-order valence-electron chi connectivity index (χ1n) is 7.30. The number of anilines is 1. The number of hydrogen-bond donors (Lipinski definition) is 2. The minimum atomic E-state index is -0.699. The monoisotopic (exact) mass is 326 g/mol. The molecule has 0 saturated carbocycles. The Labute approximate surface area is 137 Å². The molecule has 0 atom stereocenters. The van der Waals surface area contributed by atoms with Crippen LogP contribution in [-0.4, -0.2) is 27.5 Å². The second kappa shape index (κ2) is 7.36. The van der Waals surface area contributed by atoms with E-state index in [1.165, 1.54) is 6.33 Å². The largest absolute Gasteiger partial charge is 0.472 e. The van der Waals surface area contributed by atoms with Gasteiger partial charge in [0.25, 0.3) is 0 Å². The number of allylic oxidation sites excluding steroid dienone is 1. The van der Waals surface area contributed by atoms with Gasteiger partial charge >= 0.3 is 0 Å². The number of hydrogen-bond acceptors (Lipinski definition) is 4. The van der Waals surface area contributed by atoms with E-state index in [2.05, 4.69) is 20.3 Å². The molecule has 2 aromatic heterocycles. The molecule has 0 aliphatic heterocycles. The smallest absolute Gasteiger partial charge is 0.248 e. The molecule has 0 fully saturated rings. The van der Waals surface area contributed by atoms with E-state index in [4.69, 9.17) is 4.74 Å². The second-order valence-corrected chi connectivity index (χ2v) is 4.92. The Morgan fingerprint density at radius 2 is 2.12 bits per heavy atom. The lowest BCUT2D eigenvalue weighted by Gasteiger charge is -2.07. The number of aromatic amines is 1. The molecule has 2 N–H and O–H groups in total. The van der Waals surface area contributed by atoms with Gasteiger partial charge in [-0.1, -0.05) is 30.3 Å². The average Bonchev–Trinajstić information content (AvgIpc) is 3.02. The molecule has 0 aliphatic carbocycles. The molecule has 3 rings (SSSR count). The van der Waals surface area contributed by atoms with Gasteiger partial charge in [0, 0.05) is 12.3 Å². The highest BCUT2D eigenvalue weighted by molar-refractivity contribution is 6.06. The van der Waals surface area contributed by atoms with Crippen molar-refractivity contribution in [1.82, 2.24) is 15.0 Å². The summed E-state index contributed by atoms with van der Waals surface area (Å²) >= 11 is 0. The molecule has 0 radical (unpaired) electrons. The van der Waals surface area contributed by atoms with E-state index in [0.29, 0.717) is 29.2 Å². The zero-order chi connectivity index (χ0) is 16.8. The van der Waals surface area contributed by atoms with Crippen molar-refractivity contribution in [1.29, 1.82) is 0 Å². The number of rotatable bonds is 6. The van der Waals surface area contributed by atoms with E-state index in [-0.39, 0.29) is 0 Å². The van der Waals surface area contributed by atoms with Gasteiger partial charge in [-0.2, -0.15) is 0 Å². The van der Waals surface area contributed by atoms with Gasteiger partial charge in [0.1, 0.15) is 30.6 Å². The van der Waals surface area contributed by atoms with Gasteiger partial charge in [-0.3, -0.25) is 4.79 Å². The number of nitrogens with one attached hydrogen (secondary N) is 2. The Kier molecular flexibility index (Phi) is 4.81. The molecule has 7 heteroatoms. The SMILES string of the molecule is O=C(C=CCF)Nc1c[nH]c2ncnc(OCc3ccccc3)c12. The molecular formula is C17H15FN4O2. The van der Waals surface area contributed by atoms with Crippen LogP contribution in [0.4, 0.5) is 10.1 Å². The Morgan fingerprint density at radius 1 is 1.29 bits per heavy atom. The molecular weight excluding hydrogens is 311 g/mol. The standard InChI is InChI=1S/C17H15FN4O2/c18-8-4-7-14(23)22-13-9-19-16-15(13)17(21-11-20-16)24-10-12-5-2-1-3-6-12/h1-7,9,11H,8,10H2,(H,22,23)(H,19,20,21). The zero-order valence-corrected chi connectivity index (χ0v) is 12.7. The normalized spacial score (nSPS) is 11.0. The lowest BCUT2D eigenvalue weighted by molar-refractivity contribution is -0.111. The highest BCUT2D eigenvalue weighted by Gasteiger charge is 2.13. The van der Waals surface area contributed by atoms with Crippen LogP contribution >= 0.6 is 0 Å². The van der Waals surface area contributed by atoms with Crippen molar-refractivity contribution in [2.45, 2.75) is 6.61 Å². The molecule has 6 nitrogen and oxygen atoms in total. The van der Waals surface area contributed by atoms with Crippen LogP contribution in [0.25, 0.3) is 11.0 Å². The Bertz CT molecular complexity index is 861. The number of ether oxygens (including phenoxy) is 1. The Hall–Kier alpha value is -3.22. The summed E-state index contributed by atoms with van der Waals surface area (Å²) < 4.78 is 17.9. The summed E-state index contributed by atoms with van der Waals surface area (Å²) in [5.74, 6) is -0.0821. The Morgan fingerprint density at radius 3 is 2.92 bits per heavy atom. The van der Waals surface area contributed by atoms with Crippen molar-refractivity contribution >= 4 is 22.6 Å². The summed E-state index contributed by atoms with van der Waals surface area (Å²) in [6, 6.07) is 9.66. The molecule has 1 amide bonds. The lowest BCUT2D eigenvalue weighted by Crippen LogP contribution is -2.08. The molecule has 2 heterocycles. The highest BCUT2D eigenvalue weighted by Crippen LogP contribution is 2.29. The van der Waals surface area contributed by atoms with Crippen molar-refractivity contribution in [3.63, 3.8) is 0 Å². The molecule has 0 unspecified atom stereocenters. The maximum atomic E-state index is 12.1. The van der Waals surface area contributed by atoms with Gasteiger partial charge in [0.05, 0.1) is 5.69 Å². The number of aromatic nitrogens is 3. The molecule has 1 aromatic carbocycles. The third-order valence-electron chi connectivity index (χ3n) is 3.27. The van der Waals surface area contributed by atoms with Gasteiger partial charge < -0.3 is 15.0 Å². The highest BCUT2D eigenvalue weighted by atomic mass is 19.1. The molecule has 0 spiro atoms. The number of alkyl halides is 1. The third kappa shape index (κ3) is 3.57. The van der Waals surface area contributed by atoms with Crippen molar-refractivity contribution in [3.8, 4) is 5.88 Å². The average molecular weight is 326 g/mol. The molecule has 0 saturated heterocycles. The van der Waals surface area contributed by atoms with Crippen LogP contribution in [0, 0.1) is 0 Å². The van der Waals surface area contributed by atoms with E-state index in [1.807, 2.05) is 30.3 Å². The fourth-order valence-corrected chi connectivity index (χ4v) is 2.19. The van der Waals surface area contributed by atoms with E-state index >= 15 is 0 Å². The fraction of sp³-hybridized carbons (Fsp3) is 0.118. The molecule has 24 heavy (non-hydrogen) atoms. The number of H-pyrrole nitrogens is 1. The first kappa shape index (κ1) is 15.7. The first-order chi connectivity index (χ1) is 11.8. The van der Waals surface area contributed by atoms with E-state index < -0.39 is 12.6 Å². The maximum Gasteiger partial charge on any atom is 0.248 e. The van der Waals surface area contributed by atoms with Crippen molar-refractivity contribution in [2.24, 2.45) is 0 Å². The summed E-state index contributed by atoms with van der Waals surface area (Å²) in [6.07, 6.45) is 5.24. The number of carbonyl (C=O) groups excluding carboxylic acids is 1. The zero-order valence-electron chi connectivity index (χ0n) is 12.7. The van der Waals surface area contributed by atoms with Gasteiger partial charge in [-0.05, 0) is 11.6 Å². The van der Waals surface area contributed by atoms with Crippen LogP contribution in [0.5, 0.6) is 5.88 Å². The molecule has 0 bridgehead atoms. The fourth-order valence-electron chi connectivity index (χ4n) is 2.19. The van der Waals surface area contributed by atoms with Crippen LogP contribution in [0.1, 0.15) is 5.56 Å². The summed E-state index contributed by atoms with van der Waals surface area (Å²) in [7, 11) is 0. The van der Waals surface area contributed by atoms with Crippen LogP contribution < -0.4 is 10.1 Å². The topological polar surface area (TPSA) is 79.9 Å². The summed E-state index contributed by atoms with van der Waals surface area (Å²) in [5.41, 5.74) is 2.01. The van der Waals surface area contributed by atoms with Gasteiger partial charge in [0.15, 0.2) is 0 Å². The Balaban J connectivity index is 1.84. The van der Waals surface area contributed by atoms with Crippen LogP contribution in [0.3, 0.4) is 0 Å². The van der Waals surface area contributed by atoms with Crippen molar-refractivity contribution < 1.29 is 13.9 Å². The predicted octanol–water partition coefficient (Wildman–Crippen LogP) is 3.00. The second-order valence-electron chi connectivity index (χ2n) is 4.92. The van der Waals surface area contributed by atoms with E-state index in [0.717, 1.165) is 17.7 Å². The van der Waals surface area contributed by atoms with Gasteiger partial charge in [-0.15, -0.1) is 0 Å². The number of carbonyl (C=O) groups is 1. The van der Waals surface area contributed by atoms with Crippen molar-refractivity contribution in [3.05, 3.63) is 60.6 Å².